The molecule has 134 valence electrons. The van der Waals surface area contributed by atoms with Crippen molar-refractivity contribution in [1.29, 1.82) is 0 Å². The highest BCUT2D eigenvalue weighted by molar-refractivity contribution is 6.04. The lowest BCUT2D eigenvalue weighted by Gasteiger charge is -2.11. The number of nitro benzene ring substituents is 1. The van der Waals surface area contributed by atoms with Gasteiger partial charge in [-0.15, -0.1) is 0 Å². The van der Waals surface area contributed by atoms with E-state index in [0.717, 1.165) is 12.8 Å². The standard InChI is InChI=1S/C18H17N3O5/c22-17(11-26-14-5-3-4-13(10-14)21(24)25)20-16-7-2-1-6-15(16)18(23)19-12-8-9-12/h1-7,10,12H,8-9,11H2,(H,19,23)(H,20,22). The summed E-state index contributed by atoms with van der Waals surface area (Å²) in [5, 5.41) is 16.3. The van der Waals surface area contributed by atoms with Gasteiger partial charge in [-0.05, 0) is 31.0 Å². The molecular weight excluding hydrogens is 338 g/mol. The average molecular weight is 355 g/mol. The summed E-state index contributed by atoms with van der Waals surface area (Å²) in [6, 6.07) is 12.5. The minimum Gasteiger partial charge on any atom is -0.484 e. The van der Waals surface area contributed by atoms with Crippen molar-refractivity contribution in [3.05, 3.63) is 64.2 Å². The second-order valence-electron chi connectivity index (χ2n) is 5.88. The van der Waals surface area contributed by atoms with E-state index in [9.17, 15) is 19.7 Å². The van der Waals surface area contributed by atoms with E-state index >= 15 is 0 Å². The van der Waals surface area contributed by atoms with E-state index in [-0.39, 0.29) is 30.0 Å². The zero-order valence-corrected chi connectivity index (χ0v) is 13.8. The first-order chi connectivity index (χ1) is 12.5. The van der Waals surface area contributed by atoms with Crippen molar-refractivity contribution in [3.63, 3.8) is 0 Å². The molecule has 2 aromatic carbocycles. The van der Waals surface area contributed by atoms with Gasteiger partial charge in [-0.3, -0.25) is 19.7 Å². The van der Waals surface area contributed by atoms with Gasteiger partial charge in [-0.2, -0.15) is 0 Å². The number of nitrogens with zero attached hydrogens (tertiary/aromatic N) is 1. The number of para-hydroxylation sites is 1. The summed E-state index contributed by atoms with van der Waals surface area (Å²) in [5.41, 5.74) is 0.645. The minimum absolute atomic E-state index is 0.120. The molecule has 0 atom stereocenters. The third-order valence-electron chi connectivity index (χ3n) is 3.76. The number of nitro groups is 1. The first-order valence-corrected chi connectivity index (χ1v) is 8.10. The normalized spacial score (nSPS) is 12.9. The zero-order valence-electron chi connectivity index (χ0n) is 13.8. The molecule has 1 fully saturated rings. The molecule has 0 aromatic heterocycles. The number of rotatable bonds is 7. The smallest absolute Gasteiger partial charge is 0.273 e. The van der Waals surface area contributed by atoms with Crippen LogP contribution in [0.4, 0.5) is 11.4 Å². The molecule has 2 aromatic rings. The maximum Gasteiger partial charge on any atom is 0.273 e. The SMILES string of the molecule is O=C(COc1cccc([N+](=O)[O-])c1)Nc1ccccc1C(=O)NC1CC1. The highest BCUT2D eigenvalue weighted by atomic mass is 16.6. The van der Waals surface area contributed by atoms with Crippen LogP contribution in [-0.4, -0.2) is 29.4 Å². The quantitative estimate of drug-likeness (QED) is 0.586. The summed E-state index contributed by atoms with van der Waals surface area (Å²) in [6.07, 6.45) is 1.94. The zero-order chi connectivity index (χ0) is 18.5. The Labute approximate surface area is 149 Å². The molecule has 26 heavy (non-hydrogen) atoms. The van der Waals surface area contributed by atoms with E-state index in [4.69, 9.17) is 4.74 Å². The molecule has 0 unspecified atom stereocenters. The lowest BCUT2D eigenvalue weighted by molar-refractivity contribution is -0.384. The second kappa shape index (κ2) is 7.64. The van der Waals surface area contributed by atoms with Gasteiger partial charge in [0.25, 0.3) is 17.5 Å². The van der Waals surface area contributed by atoms with Gasteiger partial charge in [-0.25, -0.2) is 0 Å². The predicted octanol–water partition coefficient (Wildman–Crippen LogP) is 2.50. The number of nitrogens with one attached hydrogen (secondary N) is 2. The Balaban J connectivity index is 1.60. The summed E-state index contributed by atoms with van der Waals surface area (Å²) in [4.78, 5) is 34.5. The largest absolute Gasteiger partial charge is 0.484 e. The van der Waals surface area contributed by atoms with Crippen LogP contribution in [0.5, 0.6) is 5.75 Å². The number of carbonyl (C=O) groups excluding carboxylic acids is 2. The molecule has 0 spiro atoms. The van der Waals surface area contributed by atoms with E-state index in [1.165, 1.54) is 24.3 Å². The molecule has 2 amide bonds. The number of non-ortho nitro benzene ring substituents is 1. The van der Waals surface area contributed by atoms with Crippen LogP contribution in [-0.2, 0) is 4.79 Å². The Hall–Kier alpha value is -3.42. The van der Waals surface area contributed by atoms with Gasteiger partial charge in [0.2, 0.25) is 0 Å². The molecule has 0 aliphatic heterocycles. The van der Waals surface area contributed by atoms with Crippen molar-refractivity contribution in [3.8, 4) is 5.75 Å². The van der Waals surface area contributed by atoms with Crippen LogP contribution in [0.1, 0.15) is 23.2 Å². The Bertz CT molecular complexity index is 848. The van der Waals surface area contributed by atoms with Gasteiger partial charge in [0.1, 0.15) is 5.75 Å². The van der Waals surface area contributed by atoms with Crippen molar-refractivity contribution >= 4 is 23.2 Å². The average Bonchev–Trinajstić information content (AvgIpc) is 3.44. The number of ether oxygens (including phenoxy) is 1. The lowest BCUT2D eigenvalue weighted by Crippen LogP contribution is -2.28. The van der Waals surface area contributed by atoms with E-state index in [0.29, 0.717) is 11.3 Å². The van der Waals surface area contributed by atoms with Crippen molar-refractivity contribution in [2.75, 3.05) is 11.9 Å². The second-order valence-corrected chi connectivity index (χ2v) is 5.88. The number of hydrogen-bond acceptors (Lipinski definition) is 5. The monoisotopic (exact) mass is 355 g/mol. The topological polar surface area (TPSA) is 111 Å². The number of anilines is 1. The van der Waals surface area contributed by atoms with Crippen molar-refractivity contribution in [2.45, 2.75) is 18.9 Å². The summed E-state index contributed by atoms with van der Waals surface area (Å²) in [7, 11) is 0. The van der Waals surface area contributed by atoms with Gasteiger partial charge in [0.15, 0.2) is 6.61 Å². The van der Waals surface area contributed by atoms with Crippen LogP contribution in [0.2, 0.25) is 0 Å². The Morgan fingerprint density at radius 1 is 1.15 bits per heavy atom. The van der Waals surface area contributed by atoms with E-state index in [2.05, 4.69) is 10.6 Å². The molecule has 1 aliphatic carbocycles. The lowest BCUT2D eigenvalue weighted by atomic mass is 10.1. The molecular formula is C18H17N3O5. The van der Waals surface area contributed by atoms with Gasteiger partial charge in [0, 0.05) is 12.1 Å². The molecule has 8 nitrogen and oxygen atoms in total. The summed E-state index contributed by atoms with van der Waals surface area (Å²) in [5.74, 6) is -0.486. The van der Waals surface area contributed by atoms with Crippen molar-refractivity contribution in [1.82, 2.24) is 5.32 Å². The number of amides is 2. The Morgan fingerprint density at radius 2 is 1.92 bits per heavy atom. The van der Waals surface area contributed by atoms with Gasteiger partial charge in [-0.1, -0.05) is 18.2 Å². The summed E-state index contributed by atoms with van der Waals surface area (Å²) < 4.78 is 5.29. The predicted molar refractivity (Wildman–Crippen MR) is 94.2 cm³/mol. The minimum atomic E-state index is -0.540. The molecule has 1 saturated carbocycles. The van der Waals surface area contributed by atoms with E-state index in [1.807, 2.05) is 0 Å². The molecule has 0 bridgehead atoms. The molecule has 0 saturated heterocycles. The van der Waals surface area contributed by atoms with Gasteiger partial charge in [0.05, 0.1) is 22.2 Å². The first-order valence-electron chi connectivity index (χ1n) is 8.10. The Morgan fingerprint density at radius 3 is 2.65 bits per heavy atom. The number of carbonyl (C=O) groups is 2. The van der Waals surface area contributed by atoms with Crippen LogP contribution in [0.15, 0.2) is 48.5 Å². The van der Waals surface area contributed by atoms with Crippen LogP contribution < -0.4 is 15.4 Å². The van der Waals surface area contributed by atoms with Crippen LogP contribution in [0, 0.1) is 10.1 Å². The highest BCUT2D eigenvalue weighted by Crippen LogP contribution is 2.22. The van der Waals surface area contributed by atoms with E-state index in [1.54, 1.807) is 24.3 Å². The number of benzene rings is 2. The van der Waals surface area contributed by atoms with Crippen LogP contribution >= 0.6 is 0 Å². The fourth-order valence-electron chi connectivity index (χ4n) is 2.30. The van der Waals surface area contributed by atoms with Crippen LogP contribution in [0.3, 0.4) is 0 Å². The fourth-order valence-corrected chi connectivity index (χ4v) is 2.30. The molecule has 1 aliphatic rings. The summed E-state index contributed by atoms with van der Waals surface area (Å²) >= 11 is 0. The Kier molecular flexibility index (Phi) is 5.12. The molecule has 0 heterocycles. The fraction of sp³-hybridized carbons (Fsp3) is 0.222. The molecule has 2 N–H and O–H groups in total. The highest BCUT2D eigenvalue weighted by Gasteiger charge is 2.25. The van der Waals surface area contributed by atoms with Crippen molar-refractivity contribution < 1.29 is 19.2 Å². The third-order valence-corrected chi connectivity index (χ3v) is 3.76. The third kappa shape index (κ3) is 4.56. The molecule has 3 rings (SSSR count). The first kappa shape index (κ1) is 17.4. The van der Waals surface area contributed by atoms with Gasteiger partial charge >= 0.3 is 0 Å². The van der Waals surface area contributed by atoms with Crippen LogP contribution in [0.25, 0.3) is 0 Å². The number of hydrogen-bond donors (Lipinski definition) is 2. The summed E-state index contributed by atoms with van der Waals surface area (Å²) in [6.45, 7) is -0.334. The maximum atomic E-state index is 12.2. The molecule has 8 heteroatoms. The molecule has 0 radical (unpaired) electrons. The van der Waals surface area contributed by atoms with Crippen molar-refractivity contribution in [2.24, 2.45) is 0 Å². The van der Waals surface area contributed by atoms with Gasteiger partial charge < -0.3 is 15.4 Å². The van der Waals surface area contributed by atoms with E-state index < -0.39 is 10.8 Å². The maximum absolute atomic E-state index is 12.2.